The molecule has 1 aromatic rings. The fourth-order valence-corrected chi connectivity index (χ4v) is 4.88. The third kappa shape index (κ3) is 3.75. The molecule has 2 N–H and O–H groups in total. The molecule has 5 nitrogen and oxygen atoms in total. The maximum Gasteiger partial charge on any atom is 0.153 e. The van der Waals surface area contributed by atoms with Crippen LogP contribution < -0.4 is 10.5 Å². The van der Waals surface area contributed by atoms with Gasteiger partial charge in [-0.15, -0.1) is 0 Å². The molecular weight excluding hydrogens is 288 g/mol. The number of nitrogens with two attached hydrogens (primary N) is 1. The van der Waals surface area contributed by atoms with Crippen molar-refractivity contribution in [2.75, 3.05) is 25.7 Å². The number of benzene rings is 1. The van der Waals surface area contributed by atoms with E-state index in [1.165, 1.54) is 0 Å². The van der Waals surface area contributed by atoms with Gasteiger partial charge in [0.25, 0.3) is 0 Å². The van der Waals surface area contributed by atoms with Gasteiger partial charge in [-0.1, -0.05) is 18.2 Å². The van der Waals surface area contributed by atoms with E-state index in [1.807, 2.05) is 31.3 Å². The molecule has 3 unspecified atom stereocenters. The Labute approximate surface area is 127 Å². The zero-order chi connectivity index (χ0) is 15.6. The van der Waals surface area contributed by atoms with Gasteiger partial charge in [0.15, 0.2) is 9.84 Å². The molecule has 0 aliphatic carbocycles. The van der Waals surface area contributed by atoms with Crippen LogP contribution >= 0.6 is 0 Å². The van der Waals surface area contributed by atoms with Crippen molar-refractivity contribution in [1.29, 1.82) is 0 Å². The van der Waals surface area contributed by atoms with Crippen molar-refractivity contribution in [2.45, 2.75) is 31.5 Å². The first-order valence-electron chi connectivity index (χ1n) is 7.14. The molecule has 1 aromatic carbocycles. The minimum atomic E-state index is -3.00. The molecule has 6 heteroatoms. The standard InChI is InChI=1S/C15H24N2O3S/c1-11(8-12-6-4-5-7-15(12)20-3)17(2)14-10-21(18,19)9-13(14)16/h4-7,11,13-14H,8-10,16H2,1-3H3. The van der Waals surface area contributed by atoms with Crippen LogP contribution in [-0.2, 0) is 16.3 Å². The van der Waals surface area contributed by atoms with Gasteiger partial charge in [-0.05, 0) is 32.0 Å². The number of likely N-dealkylation sites (N-methyl/N-ethyl adjacent to an activating group) is 1. The van der Waals surface area contributed by atoms with Gasteiger partial charge in [0.2, 0.25) is 0 Å². The topological polar surface area (TPSA) is 72.6 Å². The second-order valence-electron chi connectivity index (χ2n) is 5.84. The van der Waals surface area contributed by atoms with E-state index < -0.39 is 9.84 Å². The minimum Gasteiger partial charge on any atom is -0.496 e. The molecule has 0 saturated carbocycles. The fraction of sp³-hybridized carbons (Fsp3) is 0.600. The summed E-state index contributed by atoms with van der Waals surface area (Å²) in [5, 5.41) is 0. The van der Waals surface area contributed by atoms with E-state index in [1.54, 1.807) is 7.11 Å². The average Bonchev–Trinajstić information content (AvgIpc) is 2.71. The van der Waals surface area contributed by atoms with Gasteiger partial charge in [0, 0.05) is 18.1 Å². The lowest BCUT2D eigenvalue weighted by molar-refractivity contribution is 0.184. The SMILES string of the molecule is COc1ccccc1CC(C)N(C)C1CS(=O)(=O)CC1N. The number of ether oxygens (including phenoxy) is 1. The summed E-state index contributed by atoms with van der Waals surface area (Å²) in [4.78, 5) is 2.08. The van der Waals surface area contributed by atoms with E-state index in [4.69, 9.17) is 10.5 Å². The number of nitrogens with zero attached hydrogens (tertiary/aromatic N) is 1. The number of sulfone groups is 1. The van der Waals surface area contributed by atoms with Crippen LogP contribution in [0.25, 0.3) is 0 Å². The number of hydrogen-bond donors (Lipinski definition) is 1. The first-order chi connectivity index (χ1) is 9.84. The molecule has 1 fully saturated rings. The van der Waals surface area contributed by atoms with Gasteiger partial charge in [0.1, 0.15) is 5.75 Å². The summed E-state index contributed by atoms with van der Waals surface area (Å²) < 4.78 is 28.8. The molecule has 2 rings (SSSR count). The largest absolute Gasteiger partial charge is 0.496 e. The second-order valence-corrected chi connectivity index (χ2v) is 7.99. The molecule has 1 saturated heterocycles. The van der Waals surface area contributed by atoms with Crippen molar-refractivity contribution in [3.63, 3.8) is 0 Å². The molecule has 1 aliphatic heterocycles. The zero-order valence-corrected chi connectivity index (χ0v) is 13.6. The normalized spacial score (nSPS) is 26.0. The third-order valence-electron chi connectivity index (χ3n) is 4.29. The Hall–Kier alpha value is -1.11. The lowest BCUT2D eigenvalue weighted by Gasteiger charge is -2.32. The van der Waals surface area contributed by atoms with Crippen molar-refractivity contribution in [2.24, 2.45) is 5.73 Å². The molecular formula is C15H24N2O3S. The predicted octanol–water partition coefficient (Wildman–Crippen LogP) is 0.682. The van der Waals surface area contributed by atoms with Crippen LogP contribution in [0, 0.1) is 0 Å². The highest BCUT2D eigenvalue weighted by Gasteiger charge is 2.38. The average molecular weight is 312 g/mol. The van der Waals surface area contributed by atoms with Gasteiger partial charge in [-0.25, -0.2) is 8.42 Å². The fourth-order valence-electron chi connectivity index (χ4n) is 2.94. The lowest BCUT2D eigenvalue weighted by atomic mass is 10.0. The van der Waals surface area contributed by atoms with Crippen LogP contribution in [0.15, 0.2) is 24.3 Å². The van der Waals surface area contributed by atoms with Crippen molar-refractivity contribution in [3.8, 4) is 5.75 Å². The number of para-hydroxylation sites is 1. The summed E-state index contributed by atoms with van der Waals surface area (Å²) >= 11 is 0. The van der Waals surface area contributed by atoms with Crippen LogP contribution in [0.1, 0.15) is 12.5 Å². The molecule has 0 spiro atoms. The van der Waals surface area contributed by atoms with Crippen LogP contribution in [-0.4, -0.2) is 57.1 Å². The Morgan fingerprint density at radius 2 is 2.05 bits per heavy atom. The number of rotatable bonds is 5. The molecule has 21 heavy (non-hydrogen) atoms. The molecule has 0 amide bonds. The van der Waals surface area contributed by atoms with Crippen LogP contribution in [0.5, 0.6) is 5.75 Å². The van der Waals surface area contributed by atoms with E-state index in [2.05, 4.69) is 11.8 Å². The van der Waals surface area contributed by atoms with Crippen LogP contribution in [0.2, 0.25) is 0 Å². The van der Waals surface area contributed by atoms with Gasteiger partial charge >= 0.3 is 0 Å². The molecule has 1 aliphatic rings. The Morgan fingerprint density at radius 1 is 1.38 bits per heavy atom. The quantitative estimate of drug-likeness (QED) is 0.866. The van der Waals surface area contributed by atoms with Crippen molar-refractivity contribution >= 4 is 9.84 Å². The van der Waals surface area contributed by atoms with E-state index in [-0.39, 0.29) is 29.6 Å². The third-order valence-corrected chi connectivity index (χ3v) is 6.03. The second kappa shape index (κ2) is 6.34. The molecule has 1 heterocycles. The highest BCUT2D eigenvalue weighted by atomic mass is 32.2. The highest BCUT2D eigenvalue weighted by Crippen LogP contribution is 2.23. The maximum atomic E-state index is 11.7. The van der Waals surface area contributed by atoms with Crippen LogP contribution in [0.3, 0.4) is 0 Å². The Kier molecular flexibility index (Phi) is 4.91. The highest BCUT2D eigenvalue weighted by molar-refractivity contribution is 7.91. The van der Waals surface area contributed by atoms with Gasteiger partial charge in [-0.3, -0.25) is 4.90 Å². The van der Waals surface area contributed by atoms with Crippen molar-refractivity contribution in [3.05, 3.63) is 29.8 Å². The molecule has 118 valence electrons. The summed E-state index contributed by atoms with van der Waals surface area (Å²) in [6.07, 6.45) is 0.795. The summed E-state index contributed by atoms with van der Waals surface area (Å²) in [5.74, 6) is 1.10. The van der Waals surface area contributed by atoms with E-state index in [0.29, 0.717) is 0 Å². The smallest absolute Gasteiger partial charge is 0.153 e. The first kappa shape index (κ1) is 16.3. The van der Waals surface area contributed by atoms with Crippen molar-refractivity contribution < 1.29 is 13.2 Å². The van der Waals surface area contributed by atoms with E-state index in [0.717, 1.165) is 17.7 Å². The minimum absolute atomic E-state index is 0.0867. The Bertz CT molecular complexity index is 588. The summed E-state index contributed by atoms with van der Waals surface area (Å²) in [6, 6.07) is 7.67. The maximum absolute atomic E-state index is 11.7. The molecule has 0 bridgehead atoms. The number of methoxy groups -OCH3 is 1. The van der Waals surface area contributed by atoms with Gasteiger partial charge in [-0.2, -0.15) is 0 Å². The molecule has 3 atom stereocenters. The predicted molar refractivity (Wildman–Crippen MR) is 84.3 cm³/mol. The number of hydrogen-bond acceptors (Lipinski definition) is 5. The Morgan fingerprint density at radius 3 is 2.62 bits per heavy atom. The summed E-state index contributed by atoms with van der Waals surface area (Å²) in [6.45, 7) is 2.09. The molecule has 0 aromatic heterocycles. The lowest BCUT2D eigenvalue weighted by Crippen LogP contribution is -2.49. The zero-order valence-electron chi connectivity index (χ0n) is 12.8. The monoisotopic (exact) mass is 312 g/mol. The molecule has 0 radical (unpaired) electrons. The summed E-state index contributed by atoms with van der Waals surface area (Å²) in [5.41, 5.74) is 7.12. The Balaban J connectivity index is 2.08. The van der Waals surface area contributed by atoms with E-state index >= 15 is 0 Å². The summed E-state index contributed by atoms with van der Waals surface area (Å²) in [7, 11) is 0.609. The van der Waals surface area contributed by atoms with Gasteiger partial charge in [0.05, 0.1) is 18.6 Å². The van der Waals surface area contributed by atoms with E-state index in [9.17, 15) is 8.42 Å². The van der Waals surface area contributed by atoms with Gasteiger partial charge < -0.3 is 10.5 Å². The van der Waals surface area contributed by atoms with Crippen LogP contribution in [0.4, 0.5) is 0 Å². The van der Waals surface area contributed by atoms with Crippen molar-refractivity contribution in [1.82, 2.24) is 4.90 Å². The first-order valence-corrected chi connectivity index (χ1v) is 8.96.